The predicted octanol–water partition coefficient (Wildman–Crippen LogP) is 3.52. The topological polar surface area (TPSA) is 26.3 Å². The Kier molecular flexibility index (Phi) is 5.10. The molecule has 0 spiro atoms. The molecule has 0 aliphatic carbocycles. The minimum Gasteiger partial charge on any atom is -0.142 e. The molecule has 0 radical (unpaired) electrons. The standard InChI is InChI=1S/C10H13ClO2P/c1-2-3-7-13-14(12)10-6-4-5-9(11)8-10/h4-6,8H,2-3,7H2,1H3/q+1. The lowest BCUT2D eigenvalue weighted by molar-refractivity contribution is 0.326. The van der Waals surface area contributed by atoms with Crippen LogP contribution in [0.2, 0.25) is 5.02 Å². The molecule has 0 saturated heterocycles. The highest BCUT2D eigenvalue weighted by molar-refractivity contribution is 7.48. The third-order valence-electron chi connectivity index (χ3n) is 1.73. The van der Waals surface area contributed by atoms with Crippen molar-refractivity contribution in [1.82, 2.24) is 0 Å². The lowest BCUT2D eigenvalue weighted by atomic mass is 10.4. The zero-order chi connectivity index (χ0) is 10.4. The first-order valence-corrected chi connectivity index (χ1v) is 6.15. The molecule has 1 aromatic carbocycles. The molecule has 76 valence electrons. The Balaban J connectivity index is 2.52. The van der Waals surface area contributed by atoms with Gasteiger partial charge in [0.15, 0.2) is 0 Å². The van der Waals surface area contributed by atoms with E-state index in [4.69, 9.17) is 16.1 Å². The molecule has 0 aliphatic heterocycles. The third kappa shape index (κ3) is 3.75. The van der Waals surface area contributed by atoms with Gasteiger partial charge in [-0.3, -0.25) is 0 Å². The van der Waals surface area contributed by atoms with Crippen molar-refractivity contribution >= 4 is 24.9 Å². The molecule has 1 atom stereocenters. The molecule has 1 unspecified atom stereocenters. The summed E-state index contributed by atoms with van der Waals surface area (Å²) in [6, 6.07) is 6.96. The molecule has 0 aliphatic rings. The van der Waals surface area contributed by atoms with Crippen molar-refractivity contribution in [3.05, 3.63) is 29.3 Å². The van der Waals surface area contributed by atoms with E-state index in [2.05, 4.69) is 6.92 Å². The van der Waals surface area contributed by atoms with Crippen molar-refractivity contribution in [3.8, 4) is 0 Å². The highest BCUT2D eigenvalue weighted by Gasteiger charge is 2.21. The number of halogens is 1. The van der Waals surface area contributed by atoms with Gasteiger partial charge in [-0.2, -0.15) is 0 Å². The van der Waals surface area contributed by atoms with Crippen molar-refractivity contribution in [2.24, 2.45) is 0 Å². The summed E-state index contributed by atoms with van der Waals surface area (Å²) in [6.07, 6.45) is 1.97. The van der Waals surface area contributed by atoms with Crippen LogP contribution in [-0.2, 0) is 9.09 Å². The van der Waals surface area contributed by atoms with Gasteiger partial charge < -0.3 is 0 Å². The van der Waals surface area contributed by atoms with Crippen LogP contribution in [0.1, 0.15) is 19.8 Å². The van der Waals surface area contributed by atoms with Crippen LogP contribution in [0.15, 0.2) is 24.3 Å². The fourth-order valence-corrected chi connectivity index (χ4v) is 2.12. The normalized spacial score (nSPS) is 11.4. The second kappa shape index (κ2) is 6.13. The van der Waals surface area contributed by atoms with Crippen LogP contribution in [0.3, 0.4) is 0 Å². The van der Waals surface area contributed by atoms with Gasteiger partial charge in [0.1, 0.15) is 6.61 Å². The van der Waals surface area contributed by atoms with Gasteiger partial charge in [0.05, 0.1) is 0 Å². The molecular formula is C10H13ClO2P+. The maximum atomic E-state index is 11.5. The summed E-state index contributed by atoms with van der Waals surface area (Å²) in [5.74, 6) is 0. The first kappa shape index (κ1) is 11.6. The Morgan fingerprint density at radius 2 is 2.29 bits per heavy atom. The van der Waals surface area contributed by atoms with Gasteiger partial charge in [0.2, 0.25) is 5.30 Å². The fraction of sp³-hybridized carbons (Fsp3) is 0.400. The SMILES string of the molecule is CCCCO[P+](=O)c1cccc(Cl)c1. The lowest BCUT2D eigenvalue weighted by Gasteiger charge is -1.90. The molecule has 0 N–H and O–H groups in total. The van der Waals surface area contributed by atoms with Crippen LogP contribution in [0.5, 0.6) is 0 Å². The van der Waals surface area contributed by atoms with E-state index in [9.17, 15) is 4.57 Å². The Bertz CT molecular complexity index is 315. The lowest BCUT2D eigenvalue weighted by Crippen LogP contribution is -1.98. The van der Waals surface area contributed by atoms with Gasteiger partial charge in [-0.15, -0.1) is 4.52 Å². The molecule has 4 heteroatoms. The van der Waals surface area contributed by atoms with Gasteiger partial charge >= 0.3 is 8.03 Å². The maximum absolute atomic E-state index is 11.5. The average Bonchev–Trinajstić information content (AvgIpc) is 2.18. The largest absolute Gasteiger partial charge is 0.548 e. The number of rotatable bonds is 5. The summed E-state index contributed by atoms with van der Waals surface area (Å²) in [6.45, 7) is 2.61. The van der Waals surface area contributed by atoms with Gasteiger partial charge in [-0.1, -0.05) is 31.0 Å². The van der Waals surface area contributed by atoms with E-state index in [0.717, 1.165) is 12.8 Å². The van der Waals surface area contributed by atoms with E-state index in [0.29, 0.717) is 16.9 Å². The molecule has 2 nitrogen and oxygen atoms in total. The average molecular weight is 232 g/mol. The highest BCUT2D eigenvalue weighted by atomic mass is 35.5. The highest BCUT2D eigenvalue weighted by Crippen LogP contribution is 2.23. The Morgan fingerprint density at radius 3 is 2.93 bits per heavy atom. The summed E-state index contributed by atoms with van der Waals surface area (Å²) in [5, 5.41) is 1.24. The summed E-state index contributed by atoms with van der Waals surface area (Å²) in [5.41, 5.74) is 0. The molecule has 14 heavy (non-hydrogen) atoms. The zero-order valence-electron chi connectivity index (χ0n) is 8.07. The first-order chi connectivity index (χ1) is 6.74. The van der Waals surface area contributed by atoms with E-state index < -0.39 is 8.03 Å². The molecular weight excluding hydrogens is 219 g/mol. The quantitative estimate of drug-likeness (QED) is 0.573. The summed E-state index contributed by atoms with van der Waals surface area (Å²) < 4.78 is 16.7. The van der Waals surface area contributed by atoms with Crippen LogP contribution < -0.4 is 5.30 Å². The number of benzene rings is 1. The van der Waals surface area contributed by atoms with Crippen LogP contribution in [0.4, 0.5) is 0 Å². The van der Waals surface area contributed by atoms with Crippen LogP contribution in [0, 0.1) is 0 Å². The maximum Gasteiger partial charge on any atom is 0.548 e. The van der Waals surface area contributed by atoms with Crippen molar-refractivity contribution in [2.45, 2.75) is 19.8 Å². The Morgan fingerprint density at radius 1 is 1.50 bits per heavy atom. The van der Waals surface area contributed by atoms with Gasteiger partial charge in [0.25, 0.3) is 0 Å². The molecule has 0 saturated carbocycles. The zero-order valence-corrected chi connectivity index (χ0v) is 9.72. The minimum atomic E-state index is -1.74. The van der Waals surface area contributed by atoms with Crippen molar-refractivity contribution in [3.63, 3.8) is 0 Å². The smallest absolute Gasteiger partial charge is 0.142 e. The molecule has 1 rings (SSSR count). The summed E-state index contributed by atoms with van der Waals surface area (Å²) in [4.78, 5) is 0. The first-order valence-electron chi connectivity index (χ1n) is 4.59. The molecule has 0 bridgehead atoms. The van der Waals surface area contributed by atoms with E-state index in [1.807, 2.05) is 0 Å². The monoisotopic (exact) mass is 231 g/mol. The Labute approximate surface area is 90.1 Å². The van der Waals surface area contributed by atoms with E-state index >= 15 is 0 Å². The van der Waals surface area contributed by atoms with Crippen LogP contribution in [0.25, 0.3) is 0 Å². The predicted molar refractivity (Wildman–Crippen MR) is 59.6 cm³/mol. The van der Waals surface area contributed by atoms with Crippen molar-refractivity contribution < 1.29 is 9.09 Å². The second-order valence-electron chi connectivity index (χ2n) is 2.92. The van der Waals surface area contributed by atoms with Gasteiger partial charge in [0, 0.05) is 11.1 Å². The summed E-state index contributed by atoms with van der Waals surface area (Å²) in [7, 11) is -1.74. The second-order valence-corrected chi connectivity index (χ2v) is 4.65. The van der Waals surface area contributed by atoms with Crippen LogP contribution >= 0.6 is 19.6 Å². The molecule has 1 aromatic rings. The van der Waals surface area contributed by atoms with Gasteiger partial charge in [-0.05, 0) is 23.1 Å². The van der Waals surface area contributed by atoms with E-state index in [-0.39, 0.29) is 0 Å². The Hall–Kier alpha value is -0.430. The molecule has 0 fully saturated rings. The number of hydrogen-bond acceptors (Lipinski definition) is 2. The minimum absolute atomic E-state index is 0.540. The molecule has 0 heterocycles. The van der Waals surface area contributed by atoms with Crippen molar-refractivity contribution in [1.29, 1.82) is 0 Å². The van der Waals surface area contributed by atoms with Gasteiger partial charge in [-0.25, -0.2) is 0 Å². The van der Waals surface area contributed by atoms with E-state index in [1.165, 1.54) is 0 Å². The van der Waals surface area contributed by atoms with E-state index in [1.54, 1.807) is 24.3 Å². The molecule has 0 amide bonds. The third-order valence-corrected chi connectivity index (χ3v) is 3.08. The number of hydrogen-bond donors (Lipinski definition) is 0. The number of unbranched alkanes of at least 4 members (excludes halogenated alkanes) is 1. The fourth-order valence-electron chi connectivity index (χ4n) is 0.956. The van der Waals surface area contributed by atoms with Crippen LogP contribution in [-0.4, -0.2) is 6.61 Å². The molecule has 0 aromatic heterocycles. The summed E-state index contributed by atoms with van der Waals surface area (Å²) >= 11 is 5.77. The van der Waals surface area contributed by atoms with Crippen molar-refractivity contribution in [2.75, 3.05) is 6.61 Å².